The second-order valence-corrected chi connectivity index (χ2v) is 3.78. The Kier molecular flexibility index (Phi) is 12.2. The molecule has 2 radical (unpaired) electrons. The predicted octanol–water partition coefficient (Wildman–Crippen LogP) is 2.73. The molecule has 0 saturated heterocycles. The van der Waals surface area contributed by atoms with E-state index in [1.54, 1.807) is 0 Å². The number of hydrogen-bond acceptors (Lipinski definition) is 2. The number of hydrazine groups is 1. The van der Waals surface area contributed by atoms with Crippen LogP contribution in [0.1, 0.15) is 32.1 Å². The van der Waals surface area contributed by atoms with Crippen LogP contribution in [0.4, 0.5) is 0 Å². The first-order chi connectivity index (χ1) is 4.30. The summed E-state index contributed by atoms with van der Waals surface area (Å²) in [5, 5.41) is 0. The molecule has 1 aliphatic rings. The summed E-state index contributed by atoms with van der Waals surface area (Å²) in [6.07, 6.45) is 6.71. The third-order valence-corrected chi connectivity index (χ3v) is 2.73. The van der Waals surface area contributed by atoms with E-state index in [1.807, 2.05) is 3.57 Å². The van der Waals surface area contributed by atoms with Crippen LogP contribution < -0.4 is 5.84 Å². The van der Waals surface area contributed by atoms with Crippen molar-refractivity contribution in [2.24, 2.45) is 5.84 Å². The van der Waals surface area contributed by atoms with Crippen LogP contribution in [0.25, 0.3) is 0 Å². The third-order valence-electron chi connectivity index (χ3n) is 1.90. The number of hydrogen-bond donors (Lipinski definition) is 1. The van der Waals surface area contributed by atoms with Crippen LogP contribution in [0, 0.1) is 0 Å². The molecule has 5 heteroatoms. The molecule has 0 aliphatic heterocycles. The quantitative estimate of drug-likeness (QED) is 0.303. The van der Waals surface area contributed by atoms with Gasteiger partial charge in [-0.1, -0.05) is 0 Å². The summed E-state index contributed by atoms with van der Waals surface area (Å²) in [5.41, 5.74) is 0. The first-order valence-electron chi connectivity index (χ1n) is 3.47. The molecule has 11 heavy (non-hydrogen) atoms. The van der Waals surface area contributed by atoms with Gasteiger partial charge >= 0.3 is 67.6 Å². The maximum atomic E-state index is 5.59. The normalized spacial score (nSPS) is 18.9. The van der Waals surface area contributed by atoms with E-state index < -0.39 is 0 Å². The van der Waals surface area contributed by atoms with E-state index in [0.29, 0.717) is 6.04 Å². The van der Waals surface area contributed by atoms with Crippen LogP contribution in [0.3, 0.4) is 0 Å². The molecule has 0 spiro atoms. The molecular weight excluding hydrogens is 549 g/mol. The molecule has 1 rings (SSSR count). The Morgan fingerprint density at radius 1 is 1.09 bits per heavy atom. The topological polar surface area (TPSA) is 29.3 Å². The van der Waals surface area contributed by atoms with Crippen LogP contribution in [-0.4, -0.2) is 9.61 Å². The third kappa shape index (κ3) is 6.18. The molecule has 0 aromatic rings. The van der Waals surface area contributed by atoms with Crippen molar-refractivity contribution in [3.8, 4) is 0 Å². The minimum absolute atomic E-state index is 0. The Balaban J connectivity index is 0. The second-order valence-electron chi connectivity index (χ2n) is 2.60. The Morgan fingerprint density at radius 2 is 1.55 bits per heavy atom. The predicted molar refractivity (Wildman–Crippen MR) is 60.9 cm³/mol. The maximum Gasteiger partial charge on any atom is 0 e. The average molecular weight is 562 g/mol. The van der Waals surface area contributed by atoms with E-state index in [2.05, 4.69) is 20.1 Å². The fourth-order valence-corrected chi connectivity index (χ4v) is 1.90. The number of halogens is 2. The Labute approximate surface area is 114 Å². The molecule has 1 aliphatic carbocycles. The minimum atomic E-state index is 0. The molecule has 0 amide bonds. The summed E-state index contributed by atoms with van der Waals surface area (Å²) in [6, 6.07) is 0.653. The van der Waals surface area contributed by atoms with Gasteiger partial charge in [-0.2, -0.15) is 0 Å². The van der Waals surface area contributed by atoms with Crippen LogP contribution in [0.2, 0.25) is 0 Å². The van der Waals surface area contributed by atoms with Gasteiger partial charge in [-0.25, -0.2) is 0 Å². The van der Waals surface area contributed by atoms with Gasteiger partial charge in [-0.3, -0.25) is 0 Å². The molecule has 2 nitrogen and oxygen atoms in total. The van der Waals surface area contributed by atoms with E-state index in [4.69, 9.17) is 5.84 Å². The summed E-state index contributed by atoms with van der Waals surface area (Å²) in [4.78, 5) is 0. The maximum absolute atomic E-state index is 5.59. The molecule has 1 fully saturated rings. The van der Waals surface area contributed by atoms with Crippen molar-refractivity contribution in [3.05, 3.63) is 0 Å². The zero-order chi connectivity index (χ0) is 6.69. The van der Waals surface area contributed by atoms with E-state index >= 15 is 0 Å². The van der Waals surface area contributed by atoms with E-state index in [0.717, 1.165) is 0 Å². The van der Waals surface area contributed by atoms with Crippen LogP contribution in [0.5, 0.6) is 0 Å². The van der Waals surface area contributed by atoms with Gasteiger partial charge in [-0.15, -0.1) is 0 Å². The van der Waals surface area contributed by atoms with Crippen molar-refractivity contribution < 1.29 is 20.1 Å². The number of nitrogens with two attached hydrogens (primary N) is 1. The van der Waals surface area contributed by atoms with Gasteiger partial charge in [0.1, 0.15) is 0 Å². The molecule has 71 valence electrons. The molecule has 0 aromatic carbocycles. The van der Waals surface area contributed by atoms with Gasteiger partial charge in [-0.05, 0) is 0 Å². The fraction of sp³-hybridized carbons (Fsp3) is 1.00. The largest absolute Gasteiger partial charge is 0 e. The zero-order valence-electron chi connectivity index (χ0n) is 6.21. The average Bonchev–Trinajstić information content (AvgIpc) is 1.90. The number of rotatable bonds is 1. The second kappa shape index (κ2) is 8.66. The summed E-state index contributed by atoms with van der Waals surface area (Å²) in [6.45, 7) is 0. The van der Waals surface area contributed by atoms with Crippen LogP contribution >= 0.6 is 48.0 Å². The first-order valence-corrected chi connectivity index (χ1v) is 4.49. The van der Waals surface area contributed by atoms with Crippen LogP contribution in [-0.2, 0) is 20.1 Å². The standard InChI is InChI=1S/C6H13N2.2I.Pt/c7-8-6-4-2-1-3-5-6;;;/h6H,1-5,7H2;;;/q-1;;;+1. The van der Waals surface area contributed by atoms with Crippen molar-refractivity contribution in [2.75, 3.05) is 0 Å². The van der Waals surface area contributed by atoms with Gasteiger partial charge in [0.05, 0.1) is 0 Å². The Bertz CT molecular complexity index is 86.7. The molecule has 0 atom stereocenters. The van der Waals surface area contributed by atoms with Crippen molar-refractivity contribution in [1.82, 2.24) is 3.57 Å². The van der Waals surface area contributed by atoms with E-state index in [1.165, 1.54) is 32.1 Å². The molecule has 0 aromatic heterocycles. The summed E-state index contributed by atoms with van der Waals surface area (Å²) in [5.74, 6) is 5.59. The summed E-state index contributed by atoms with van der Waals surface area (Å²) < 4.78 is 1.83. The van der Waals surface area contributed by atoms with Gasteiger partial charge in [0.2, 0.25) is 0 Å². The summed E-state index contributed by atoms with van der Waals surface area (Å²) in [7, 11) is 0. The van der Waals surface area contributed by atoms with Crippen LogP contribution in [0.15, 0.2) is 0 Å². The molecule has 0 bridgehead atoms. The fourth-order valence-electron chi connectivity index (χ4n) is 1.31. The van der Waals surface area contributed by atoms with Gasteiger partial charge < -0.3 is 0 Å². The molecular formula is C6H13I2N2Pt. The van der Waals surface area contributed by atoms with Gasteiger partial charge in [0, 0.05) is 48.0 Å². The van der Waals surface area contributed by atoms with E-state index in [-0.39, 0.29) is 48.0 Å². The smallest absolute Gasteiger partial charge is 0 e. The summed E-state index contributed by atoms with van der Waals surface area (Å²) >= 11 is 2.16. The molecule has 0 unspecified atom stereocenters. The minimum Gasteiger partial charge on any atom is 0 e. The first kappa shape index (κ1) is 15.5. The Hall–Kier alpha value is 2.07. The van der Waals surface area contributed by atoms with Crippen molar-refractivity contribution in [1.29, 1.82) is 0 Å². The van der Waals surface area contributed by atoms with Crippen molar-refractivity contribution in [3.63, 3.8) is 0 Å². The van der Waals surface area contributed by atoms with E-state index in [9.17, 15) is 0 Å². The zero-order valence-corrected chi connectivity index (χ0v) is 12.8. The Morgan fingerprint density at radius 3 is 1.82 bits per heavy atom. The van der Waals surface area contributed by atoms with Crippen molar-refractivity contribution >= 4 is 48.0 Å². The van der Waals surface area contributed by atoms with Gasteiger partial charge in [0.25, 0.3) is 0 Å². The monoisotopic (exact) mass is 562 g/mol. The van der Waals surface area contributed by atoms with Crippen molar-refractivity contribution in [2.45, 2.75) is 38.1 Å². The number of nitrogens with zero attached hydrogens (tertiary/aromatic N) is 1. The molecule has 0 heterocycles. The SMILES string of the molecule is N[N]([Pt])C1CCCCC1.[I].[I]. The molecule has 1 saturated carbocycles. The molecule has 2 N–H and O–H groups in total. The van der Waals surface area contributed by atoms with Gasteiger partial charge in [0.15, 0.2) is 0 Å².